The van der Waals surface area contributed by atoms with E-state index in [2.05, 4.69) is 17.8 Å². The second-order valence-electron chi connectivity index (χ2n) is 6.34. The first kappa shape index (κ1) is 16.3. The number of nitrogens with one attached hydrogen (secondary N) is 2. The molecule has 1 heterocycles. The fourth-order valence-corrected chi connectivity index (χ4v) is 3.30. The molecule has 1 saturated heterocycles. The van der Waals surface area contributed by atoms with Gasteiger partial charge in [0.1, 0.15) is 6.10 Å². The van der Waals surface area contributed by atoms with Gasteiger partial charge in [0.25, 0.3) is 5.91 Å². The van der Waals surface area contributed by atoms with E-state index in [1.807, 2.05) is 0 Å². The molecule has 1 aliphatic carbocycles. The Morgan fingerprint density at radius 3 is 2.38 bits per heavy atom. The van der Waals surface area contributed by atoms with Gasteiger partial charge in [0.05, 0.1) is 0 Å². The van der Waals surface area contributed by atoms with Crippen LogP contribution in [0.4, 0.5) is 0 Å². The van der Waals surface area contributed by atoms with Crippen molar-refractivity contribution >= 4 is 11.8 Å². The second kappa shape index (κ2) is 8.37. The van der Waals surface area contributed by atoms with Crippen LogP contribution in [0.15, 0.2) is 0 Å². The molecule has 0 spiro atoms. The van der Waals surface area contributed by atoms with Crippen LogP contribution in [0.1, 0.15) is 64.7 Å². The van der Waals surface area contributed by atoms with Gasteiger partial charge >= 0.3 is 0 Å². The third kappa shape index (κ3) is 4.99. The molecule has 5 heteroatoms. The average Bonchev–Trinajstić information content (AvgIpc) is 3.05. The van der Waals surface area contributed by atoms with Crippen molar-refractivity contribution in [2.45, 2.75) is 70.8 Å². The SMILES string of the molecule is CCCCC1CCC(C(=O)NNC(=O)C2CCCO2)CC1. The molecule has 5 nitrogen and oxygen atoms in total. The van der Waals surface area contributed by atoms with Crippen molar-refractivity contribution in [3.05, 3.63) is 0 Å². The molecule has 2 aliphatic rings. The first-order valence-corrected chi connectivity index (χ1v) is 8.42. The molecule has 1 unspecified atom stereocenters. The molecule has 120 valence electrons. The summed E-state index contributed by atoms with van der Waals surface area (Å²) in [6.45, 7) is 2.85. The van der Waals surface area contributed by atoms with E-state index in [9.17, 15) is 9.59 Å². The average molecular weight is 296 g/mol. The molecule has 0 aromatic carbocycles. The van der Waals surface area contributed by atoms with Gasteiger partial charge in [-0.1, -0.05) is 26.2 Å². The largest absolute Gasteiger partial charge is 0.368 e. The van der Waals surface area contributed by atoms with Crippen LogP contribution < -0.4 is 10.9 Å². The number of ether oxygens (including phenoxy) is 1. The summed E-state index contributed by atoms with van der Waals surface area (Å²) < 4.78 is 5.28. The van der Waals surface area contributed by atoms with E-state index in [1.54, 1.807) is 0 Å². The van der Waals surface area contributed by atoms with E-state index in [0.29, 0.717) is 6.61 Å². The summed E-state index contributed by atoms with van der Waals surface area (Å²) in [5, 5.41) is 0. The van der Waals surface area contributed by atoms with Crippen LogP contribution in [-0.4, -0.2) is 24.5 Å². The molecule has 0 aromatic heterocycles. The summed E-state index contributed by atoms with van der Waals surface area (Å²) in [7, 11) is 0. The Morgan fingerprint density at radius 1 is 1.05 bits per heavy atom. The van der Waals surface area contributed by atoms with Crippen LogP contribution in [0.2, 0.25) is 0 Å². The van der Waals surface area contributed by atoms with Gasteiger partial charge in [0.2, 0.25) is 5.91 Å². The maximum Gasteiger partial charge on any atom is 0.267 e. The minimum atomic E-state index is -0.393. The molecule has 2 amide bonds. The van der Waals surface area contributed by atoms with Crippen LogP contribution in [0, 0.1) is 11.8 Å². The topological polar surface area (TPSA) is 67.4 Å². The van der Waals surface area contributed by atoms with Gasteiger partial charge in [-0.05, 0) is 44.4 Å². The molecular weight excluding hydrogens is 268 g/mol. The lowest BCUT2D eigenvalue weighted by Crippen LogP contribution is -2.48. The molecule has 0 bridgehead atoms. The highest BCUT2D eigenvalue weighted by atomic mass is 16.5. The summed E-state index contributed by atoms with van der Waals surface area (Å²) in [4.78, 5) is 23.8. The monoisotopic (exact) mass is 296 g/mol. The molecule has 0 aromatic rings. The molecule has 1 atom stereocenters. The summed E-state index contributed by atoms with van der Waals surface area (Å²) in [6, 6.07) is 0. The van der Waals surface area contributed by atoms with Gasteiger partial charge in [-0.25, -0.2) is 0 Å². The highest BCUT2D eigenvalue weighted by Crippen LogP contribution is 2.31. The van der Waals surface area contributed by atoms with Crippen molar-refractivity contribution < 1.29 is 14.3 Å². The molecule has 2 fully saturated rings. The molecule has 0 radical (unpaired) electrons. The van der Waals surface area contributed by atoms with Gasteiger partial charge in [0.15, 0.2) is 0 Å². The minimum Gasteiger partial charge on any atom is -0.368 e. The van der Waals surface area contributed by atoms with Gasteiger partial charge in [-0.15, -0.1) is 0 Å². The molecule has 1 aliphatic heterocycles. The normalized spacial score (nSPS) is 29.1. The maximum absolute atomic E-state index is 12.1. The van der Waals surface area contributed by atoms with Crippen molar-refractivity contribution in [1.29, 1.82) is 0 Å². The predicted molar refractivity (Wildman–Crippen MR) is 80.2 cm³/mol. The number of hydrogen-bond acceptors (Lipinski definition) is 3. The number of unbranched alkanes of at least 4 members (excludes halogenated alkanes) is 1. The van der Waals surface area contributed by atoms with Crippen LogP contribution in [-0.2, 0) is 14.3 Å². The Balaban J connectivity index is 1.64. The number of rotatable bonds is 5. The Morgan fingerprint density at radius 2 is 1.76 bits per heavy atom. The highest BCUT2D eigenvalue weighted by Gasteiger charge is 2.28. The summed E-state index contributed by atoms with van der Waals surface area (Å²) in [6.07, 6.45) is 9.24. The zero-order valence-corrected chi connectivity index (χ0v) is 13.0. The van der Waals surface area contributed by atoms with Crippen LogP contribution in [0.25, 0.3) is 0 Å². The molecule has 21 heavy (non-hydrogen) atoms. The number of amides is 2. The highest BCUT2D eigenvalue weighted by molar-refractivity contribution is 5.85. The van der Waals surface area contributed by atoms with E-state index in [0.717, 1.165) is 44.4 Å². The fraction of sp³-hybridized carbons (Fsp3) is 0.875. The third-order valence-electron chi connectivity index (χ3n) is 4.71. The van der Waals surface area contributed by atoms with Gasteiger partial charge < -0.3 is 4.74 Å². The third-order valence-corrected chi connectivity index (χ3v) is 4.71. The van der Waals surface area contributed by atoms with E-state index < -0.39 is 6.10 Å². The smallest absolute Gasteiger partial charge is 0.267 e. The molecular formula is C16H28N2O3. The zero-order chi connectivity index (χ0) is 15.1. The molecule has 1 saturated carbocycles. The first-order chi connectivity index (χ1) is 10.2. The van der Waals surface area contributed by atoms with Gasteiger partial charge in [0, 0.05) is 12.5 Å². The second-order valence-corrected chi connectivity index (χ2v) is 6.34. The first-order valence-electron chi connectivity index (χ1n) is 8.42. The standard InChI is InChI=1S/C16H28N2O3/c1-2-3-5-12-7-9-13(10-8-12)15(19)17-18-16(20)14-6-4-11-21-14/h12-14H,2-11H2,1H3,(H,17,19)(H,18,20). The zero-order valence-electron chi connectivity index (χ0n) is 13.0. The molecule has 2 N–H and O–H groups in total. The van der Waals surface area contributed by atoms with Crippen molar-refractivity contribution in [2.24, 2.45) is 11.8 Å². The minimum absolute atomic E-state index is 0.0460. The Labute approximate surface area is 127 Å². The van der Waals surface area contributed by atoms with E-state index in [1.165, 1.54) is 19.3 Å². The Bertz CT molecular complexity index is 345. The van der Waals surface area contributed by atoms with Gasteiger partial charge in [-0.2, -0.15) is 0 Å². The van der Waals surface area contributed by atoms with Crippen molar-refractivity contribution in [3.8, 4) is 0 Å². The Hall–Kier alpha value is -1.10. The quantitative estimate of drug-likeness (QED) is 0.765. The predicted octanol–water partition coefficient (Wildman–Crippen LogP) is 2.31. The number of hydrogen-bond donors (Lipinski definition) is 2. The number of hydrazine groups is 1. The van der Waals surface area contributed by atoms with E-state index in [4.69, 9.17) is 4.74 Å². The lowest BCUT2D eigenvalue weighted by atomic mass is 9.79. The van der Waals surface area contributed by atoms with Crippen molar-refractivity contribution in [2.75, 3.05) is 6.61 Å². The van der Waals surface area contributed by atoms with Gasteiger partial charge in [-0.3, -0.25) is 20.4 Å². The van der Waals surface area contributed by atoms with Crippen LogP contribution in [0.5, 0.6) is 0 Å². The lowest BCUT2D eigenvalue weighted by molar-refractivity contribution is -0.136. The lowest BCUT2D eigenvalue weighted by Gasteiger charge is -2.27. The molecule has 2 rings (SSSR count). The number of carbonyl (C=O) groups excluding carboxylic acids is 2. The number of carbonyl (C=O) groups is 2. The summed E-state index contributed by atoms with van der Waals surface area (Å²) in [5.41, 5.74) is 5.07. The maximum atomic E-state index is 12.1. The Kier molecular flexibility index (Phi) is 6.49. The van der Waals surface area contributed by atoms with E-state index >= 15 is 0 Å². The van der Waals surface area contributed by atoms with E-state index in [-0.39, 0.29) is 17.7 Å². The summed E-state index contributed by atoms with van der Waals surface area (Å²) in [5.74, 6) is 0.566. The fourth-order valence-electron chi connectivity index (χ4n) is 3.30. The van der Waals surface area contributed by atoms with Crippen LogP contribution in [0.3, 0.4) is 0 Å². The van der Waals surface area contributed by atoms with Crippen LogP contribution >= 0.6 is 0 Å². The van der Waals surface area contributed by atoms with Crippen molar-refractivity contribution in [1.82, 2.24) is 10.9 Å². The van der Waals surface area contributed by atoms with Crippen molar-refractivity contribution in [3.63, 3.8) is 0 Å². The summed E-state index contributed by atoms with van der Waals surface area (Å²) >= 11 is 0.